The molecule has 0 aromatic heterocycles. The van der Waals surface area contributed by atoms with Crippen LogP contribution in [-0.2, 0) is 10.8 Å². The van der Waals surface area contributed by atoms with Crippen LogP contribution in [0.25, 0.3) is 5.57 Å². The van der Waals surface area contributed by atoms with E-state index >= 15 is 0 Å². The molecule has 4 aromatic carbocycles. The van der Waals surface area contributed by atoms with Gasteiger partial charge in [0.2, 0.25) is 0 Å². The Morgan fingerprint density at radius 3 is 2.24 bits per heavy atom. The summed E-state index contributed by atoms with van der Waals surface area (Å²) in [5.74, 6) is 0.486. The van der Waals surface area contributed by atoms with Gasteiger partial charge in [-0.25, -0.2) is 0 Å². The predicted molar refractivity (Wildman–Crippen MR) is 161 cm³/mol. The van der Waals surface area contributed by atoms with Crippen LogP contribution >= 0.6 is 11.8 Å². The molecule has 1 aliphatic carbocycles. The second-order valence-corrected chi connectivity index (χ2v) is 13.2. The fraction of sp³-hybridized carbons (Fsp3) is 0.222. The molecule has 8 rings (SSSR count). The van der Waals surface area contributed by atoms with Gasteiger partial charge >= 0.3 is 0 Å². The molecule has 0 spiro atoms. The Kier molecular flexibility index (Phi) is 4.47. The molecule has 0 N–H and O–H groups in total. The predicted octanol–water partition coefficient (Wildman–Crippen LogP) is 10.00. The molecule has 3 heterocycles. The smallest absolute Gasteiger partial charge is 0.0543 e. The van der Waals surface area contributed by atoms with Crippen molar-refractivity contribution in [3.05, 3.63) is 135 Å². The molecule has 0 bridgehead atoms. The van der Waals surface area contributed by atoms with Crippen molar-refractivity contribution in [3.63, 3.8) is 0 Å². The molecule has 1 nitrogen and oxygen atoms in total. The second kappa shape index (κ2) is 7.55. The minimum absolute atomic E-state index is 0.0466. The van der Waals surface area contributed by atoms with Crippen LogP contribution < -0.4 is 4.90 Å². The van der Waals surface area contributed by atoms with E-state index in [1.165, 1.54) is 65.8 Å². The van der Waals surface area contributed by atoms with Crippen molar-refractivity contribution in [2.24, 2.45) is 0 Å². The Bertz CT molecular complexity index is 1730. The Balaban J connectivity index is 1.35. The first-order chi connectivity index (χ1) is 18.4. The standard InChI is InChI=1S/C36H31NS/c1-35(2)26-14-6-7-17-30(26)37-31-20-19-22(21-29(31)36(3,4)28-16-10-15-27(35)33(28)37)23-12-9-13-25-24-11-5-8-18-32(24)38-34(23)25/h5-12,14-21,25H,13H2,1-4H3. The van der Waals surface area contributed by atoms with Gasteiger partial charge in [0.15, 0.2) is 0 Å². The number of para-hydroxylation sites is 2. The summed E-state index contributed by atoms with van der Waals surface area (Å²) in [7, 11) is 0. The van der Waals surface area contributed by atoms with E-state index in [1.54, 1.807) is 0 Å². The van der Waals surface area contributed by atoms with Crippen LogP contribution in [0.4, 0.5) is 17.1 Å². The zero-order chi connectivity index (χ0) is 25.8. The van der Waals surface area contributed by atoms with Crippen molar-refractivity contribution >= 4 is 34.4 Å². The van der Waals surface area contributed by atoms with Gasteiger partial charge < -0.3 is 4.90 Å². The summed E-state index contributed by atoms with van der Waals surface area (Å²) in [6.45, 7) is 9.57. The lowest BCUT2D eigenvalue weighted by Gasteiger charge is -2.49. The quantitative estimate of drug-likeness (QED) is 0.251. The number of rotatable bonds is 1. The first kappa shape index (κ1) is 22.5. The van der Waals surface area contributed by atoms with Gasteiger partial charge in [0, 0.05) is 26.5 Å². The Morgan fingerprint density at radius 2 is 1.39 bits per heavy atom. The molecule has 2 heteroatoms. The molecule has 3 aliphatic heterocycles. The molecule has 0 saturated carbocycles. The number of hydrogen-bond donors (Lipinski definition) is 0. The Labute approximate surface area is 229 Å². The van der Waals surface area contributed by atoms with E-state index in [4.69, 9.17) is 0 Å². The highest BCUT2D eigenvalue weighted by atomic mass is 32.2. The molecule has 0 radical (unpaired) electrons. The van der Waals surface area contributed by atoms with Crippen molar-refractivity contribution in [2.45, 2.75) is 55.8 Å². The van der Waals surface area contributed by atoms with Crippen molar-refractivity contribution in [2.75, 3.05) is 4.90 Å². The lowest BCUT2D eigenvalue weighted by atomic mass is 9.66. The van der Waals surface area contributed by atoms with Gasteiger partial charge in [-0.3, -0.25) is 0 Å². The number of allylic oxidation sites excluding steroid dienone is 4. The van der Waals surface area contributed by atoms with Crippen LogP contribution in [0.3, 0.4) is 0 Å². The summed E-state index contributed by atoms with van der Waals surface area (Å²) in [5, 5.41) is 0. The fourth-order valence-corrected chi connectivity index (χ4v) is 8.73. The fourth-order valence-electron chi connectivity index (χ4n) is 7.36. The molecule has 4 aliphatic rings. The highest BCUT2D eigenvalue weighted by Crippen LogP contribution is 2.60. The van der Waals surface area contributed by atoms with Crippen molar-refractivity contribution < 1.29 is 0 Å². The maximum atomic E-state index is 2.55. The lowest BCUT2D eigenvalue weighted by Crippen LogP contribution is -2.38. The van der Waals surface area contributed by atoms with E-state index < -0.39 is 0 Å². The van der Waals surface area contributed by atoms with E-state index in [1.807, 2.05) is 11.8 Å². The van der Waals surface area contributed by atoms with Crippen molar-refractivity contribution in [1.29, 1.82) is 0 Å². The molecule has 0 amide bonds. The molecule has 38 heavy (non-hydrogen) atoms. The number of nitrogens with zero attached hydrogens (tertiary/aromatic N) is 1. The zero-order valence-corrected chi connectivity index (χ0v) is 23.2. The van der Waals surface area contributed by atoms with E-state index in [2.05, 4.69) is 130 Å². The topological polar surface area (TPSA) is 3.24 Å². The molecule has 4 aromatic rings. The van der Waals surface area contributed by atoms with Gasteiger partial charge in [-0.1, -0.05) is 112 Å². The highest BCUT2D eigenvalue weighted by Gasteiger charge is 2.45. The van der Waals surface area contributed by atoms with Crippen LogP contribution in [0, 0.1) is 0 Å². The highest BCUT2D eigenvalue weighted by molar-refractivity contribution is 8.03. The van der Waals surface area contributed by atoms with E-state index in [0.717, 1.165) is 6.42 Å². The molecule has 1 atom stereocenters. The maximum Gasteiger partial charge on any atom is 0.0543 e. The molecular formula is C36H31NS. The Hall–Kier alpha value is -3.49. The van der Waals surface area contributed by atoms with E-state index in [-0.39, 0.29) is 10.8 Å². The molecule has 1 unspecified atom stereocenters. The van der Waals surface area contributed by atoms with Gasteiger partial charge in [0.1, 0.15) is 0 Å². The zero-order valence-electron chi connectivity index (χ0n) is 22.4. The summed E-state index contributed by atoms with van der Waals surface area (Å²) >= 11 is 1.97. The van der Waals surface area contributed by atoms with Crippen LogP contribution in [0.2, 0.25) is 0 Å². The molecule has 0 saturated heterocycles. The molecule has 0 fully saturated rings. The number of fused-ring (bicyclic) bond motifs is 7. The summed E-state index contributed by atoms with van der Waals surface area (Å²) in [6.07, 6.45) is 5.84. The summed E-state index contributed by atoms with van der Waals surface area (Å²) < 4.78 is 0. The number of benzene rings is 4. The average molecular weight is 510 g/mol. The molecular weight excluding hydrogens is 478 g/mol. The third-order valence-corrected chi connectivity index (χ3v) is 10.7. The van der Waals surface area contributed by atoms with Gasteiger partial charge in [-0.15, -0.1) is 0 Å². The van der Waals surface area contributed by atoms with Gasteiger partial charge in [0.05, 0.1) is 17.1 Å². The van der Waals surface area contributed by atoms with Gasteiger partial charge in [-0.2, -0.15) is 0 Å². The van der Waals surface area contributed by atoms with Gasteiger partial charge in [0.25, 0.3) is 0 Å². The van der Waals surface area contributed by atoms with Crippen molar-refractivity contribution in [3.8, 4) is 0 Å². The summed E-state index contributed by atoms with van der Waals surface area (Å²) in [5.41, 5.74) is 13.7. The van der Waals surface area contributed by atoms with Crippen LogP contribution in [0.5, 0.6) is 0 Å². The van der Waals surface area contributed by atoms with E-state index in [9.17, 15) is 0 Å². The van der Waals surface area contributed by atoms with E-state index in [0.29, 0.717) is 5.92 Å². The van der Waals surface area contributed by atoms with Gasteiger partial charge in [-0.05, 0) is 69.6 Å². The number of thioether (sulfide) groups is 1. The normalized spacial score (nSPS) is 20.8. The first-order valence-electron chi connectivity index (χ1n) is 13.7. The Morgan fingerprint density at radius 1 is 0.711 bits per heavy atom. The molecule has 186 valence electrons. The maximum absolute atomic E-state index is 2.55. The largest absolute Gasteiger partial charge is 0.309 e. The monoisotopic (exact) mass is 509 g/mol. The first-order valence-corrected chi connectivity index (χ1v) is 14.5. The van der Waals surface area contributed by atoms with Crippen LogP contribution in [0.1, 0.15) is 73.4 Å². The van der Waals surface area contributed by atoms with Crippen LogP contribution in [0.15, 0.2) is 107 Å². The summed E-state index contributed by atoms with van der Waals surface area (Å²) in [4.78, 5) is 5.48. The second-order valence-electron chi connectivity index (χ2n) is 12.1. The van der Waals surface area contributed by atoms with Crippen LogP contribution in [-0.4, -0.2) is 0 Å². The average Bonchev–Trinajstić information content (AvgIpc) is 3.32. The minimum Gasteiger partial charge on any atom is -0.309 e. The SMILES string of the molecule is CC1(C)c2ccccc2N2c3ccc(C4=C5Sc6ccccc6C5CC=C4)cc3C(C)(C)c3cccc1c32. The number of anilines is 3. The minimum atomic E-state index is -0.107. The third kappa shape index (κ3) is 2.79. The summed E-state index contributed by atoms with van der Waals surface area (Å²) in [6, 6.07) is 32.1. The number of hydrogen-bond acceptors (Lipinski definition) is 2. The van der Waals surface area contributed by atoms with Crippen molar-refractivity contribution in [1.82, 2.24) is 0 Å². The lowest BCUT2D eigenvalue weighted by molar-refractivity contribution is 0.597. The third-order valence-electron chi connectivity index (χ3n) is 9.40.